The number of nitrogens with two attached hydrogens (primary N) is 1. The van der Waals surface area contributed by atoms with E-state index in [1.165, 1.54) is 5.56 Å². The van der Waals surface area contributed by atoms with Crippen molar-refractivity contribution in [1.82, 2.24) is 19.9 Å². The fourth-order valence-electron chi connectivity index (χ4n) is 3.05. The third-order valence-electron chi connectivity index (χ3n) is 4.16. The smallest absolute Gasteiger partial charge is 0.239 e. The number of rotatable bonds is 5. The molecule has 1 aromatic carbocycles. The Balaban J connectivity index is 1.77. The summed E-state index contributed by atoms with van der Waals surface area (Å²) in [6.07, 6.45) is 4.63. The van der Waals surface area contributed by atoms with Gasteiger partial charge in [0.25, 0.3) is 0 Å². The van der Waals surface area contributed by atoms with Crippen LogP contribution in [0.5, 0.6) is 0 Å². The Morgan fingerprint density at radius 3 is 3.00 bits per heavy atom. The number of fused-ring (bicyclic) bond motifs is 1. The van der Waals surface area contributed by atoms with E-state index in [2.05, 4.69) is 21.3 Å². The average molecular weight is 346 g/mol. The zero-order valence-corrected chi connectivity index (χ0v) is 14.3. The Labute approximate surface area is 145 Å². The van der Waals surface area contributed by atoms with Crippen LogP contribution in [0.25, 0.3) is 0 Å². The molecular weight excluding hydrogens is 326 g/mol. The molecule has 3 rings (SSSR count). The normalized spacial score (nSPS) is 18.4. The minimum Gasteiger partial charge on any atom is -0.368 e. The van der Waals surface area contributed by atoms with Crippen molar-refractivity contribution in [3.8, 4) is 0 Å². The summed E-state index contributed by atoms with van der Waals surface area (Å²) >= 11 is 5.83. The van der Waals surface area contributed by atoms with E-state index < -0.39 is 6.04 Å². The molecule has 24 heavy (non-hydrogen) atoms. The summed E-state index contributed by atoms with van der Waals surface area (Å²) in [6.45, 7) is 3.69. The van der Waals surface area contributed by atoms with Crippen LogP contribution < -0.4 is 5.73 Å². The molecular formula is C17H20ClN5O. The number of halogens is 1. The molecule has 1 aromatic heterocycles. The van der Waals surface area contributed by atoms with Crippen LogP contribution in [-0.4, -0.2) is 32.3 Å². The molecule has 1 atom stereocenters. The van der Waals surface area contributed by atoms with E-state index >= 15 is 0 Å². The molecule has 0 aliphatic carbocycles. The summed E-state index contributed by atoms with van der Waals surface area (Å²) in [5, 5.41) is 8.99. The highest BCUT2D eigenvalue weighted by Crippen LogP contribution is 2.30. The van der Waals surface area contributed by atoms with Gasteiger partial charge in [0, 0.05) is 18.1 Å². The van der Waals surface area contributed by atoms with Crippen LogP contribution in [-0.2, 0) is 24.3 Å². The Kier molecular flexibility index (Phi) is 4.97. The topological polar surface area (TPSA) is 77.0 Å². The van der Waals surface area contributed by atoms with Gasteiger partial charge in [-0.3, -0.25) is 9.69 Å². The quantitative estimate of drug-likeness (QED) is 0.899. The fourth-order valence-corrected chi connectivity index (χ4v) is 3.12. The van der Waals surface area contributed by atoms with Gasteiger partial charge < -0.3 is 5.73 Å². The SMILES string of the molecule is CC(Cl)=CCn1cc(CN2CCc3ccccc3C2C(N)=O)nn1. The van der Waals surface area contributed by atoms with Crippen molar-refractivity contribution < 1.29 is 4.79 Å². The first-order valence-electron chi connectivity index (χ1n) is 7.87. The highest BCUT2D eigenvalue weighted by molar-refractivity contribution is 6.29. The number of hydrogen-bond donors (Lipinski definition) is 1. The van der Waals surface area contributed by atoms with Gasteiger partial charge in [-0.1, -0.05) is 41.1 Å². The molecule has 2 heterocycles. The molecule has 0 bridgehead atoms. The average Bonchev–Trinajstić information content (AvgIpc) is 3.00. The third-order valence-corrected chi connectivity index (χ3v) is 4.32. The first kappa shape index (κ1) is 16.7. The van der Waals surface area contributed by atoms with Crippen molar-refractivity contribution in [3.05, 3.63) is 58.4 Å². The standard InChI is InChI=1S/C17H20ClN5O/c1-12(18)6-9-23-11-14(20-21-23)10-22-8-7-13-4-2-3-5-15(13)16(22)17(19)24/h2-6,11,16H,7-10H2,1H3,(H2,19,24). The maximum Gasteiger partial charge on any atom is 0.239 e. The molecule has 0 fully saturated rings. The van der Waals surface area contributed by atoms with Crippen LogP contribution in [0.3, 0.4) is 0 Å². The van der Waals surface area contributed by atoms with Gasteiger partial charge in [-0.15, -0.1) is 5.10 Å². The maximum absolute atomic E-state index is 12.0. The van der Waals surface area contributed by atoms with Crippen LogP contribution in [0.4, 0.5) is 0 Å². The van der Waals surface area contributed by atoms with Crippen LogP contribution in [0, 0.1) is 0 Å². The summed E-state index contributed by atoms with van der Waals surface area (Å²) < 4.78 is 1.72. The van der Waals surface area contributed by atoms with Gasteiger partial charge in [-0.25, -0.2) is 4.68 Å². The molecule has 0 radical (unpaired) electrons. The predicted molar refractivity (Wildman–Crippen MR) is 92.1 cm³/mol. The molecule has 0 spiro atoms. The van der Waals surface area contributed by atoms with E-state index in [0.29, 0.717) is 18.1 Å². The van der Waals surface area contributed by atoms with Crippen LogP contribution in [0.1, 0.15) is 29.8 Å². The van der Waals surface area contributed by atoms with Crippen LogP contribution in [0.15, 0.2) is 41.6 Å². The molecule has 7 heteroatoms. The van der Waals surface area contributed by atoms with Crippen molar-refractivity contribution in [3.63, 3.8) is 0 Å². The number of amides is 1. The largest absolute Gasteiger partial charge is 0.368 e. The lowest BCUT2D eigenvalue weighted by atomic mass is 9.92. The zero-order chi connectivity index (χ0) is 17.1. The maximum atomic E-state index is 12.0. The second-order valence-corrected chi connectivity index (χ2v) is 6.54. The molecule has 2 N–H and O–H groups in total. The summed E-state index contributed by atoms with van der Waals surface area (Å²) in [5.41, 5.74) is 8.65. The lowest BCUT2D eigenvalue weighted by Crippen LogP contribution is -2.42. The van der Waals surface area contributed by atoms with Crippen molar-refractivity contribution in [1.29, 1.82) is 0 Å². The van der Waals surface area contributed by atoms with Crippen molar-refractivity contribution in [2.75, 3.05) is 6.54 Å². The fraction of sp³-hybridized carbons (Fsp3) is 0.353. The van der Waals surface area contributed by atoms with Gasteiger partial charge in [0.1, 0.15) is 6.04 Å². The van der Waals surface area contributed by atoms with Gasteiger partial charge >= 0.3 is 0 Å². The highest BCUT2D eigenvalue weighted by Gasteiger charge is 2.31. The van der Waals surface area contributed by atoms with Gasteiger partial charge in [-0.2, -0.15) is 0 Å². The van der Waals surface area contributed by atoms with E-state index in [-0.39, 0.29) is 5.91 Å². The molecule has 1 aliphatic heterocycles. The zero-order valence-electron chi connectivity index (χ0n) is 13.5. The monoisotopic (exact) mass is 345 g/mol. The lowest BCUT2D eigenvalue weighted by Gasteiger charge is -2.34. The van der Waals surface area contributed by atoms with E-state index in [1.54, 1.807) is 4.68 Å². The molecule has 1 aliphatic rings. The number of carbonyl (C=O) groups excluding carboxylic acids is 1. The van der Waals surface area contributed by atoms with Crippen LogP contribution in [0.2, 0.25) is 0 Å². The molecule has 6 nitrogen and oxygen atoms in total. The number of primary amides is 1. The van der Waals surface area contributed by atoms with Gasteiger partial charge in [0.15, 0.2) is 0 Å². The molecule has 2 aromatic rings. The highest BCUT2D eigenvalue weighted by atomic mass is 35.5. The predicted octanol–water partition coefficient (Wildman–Crippen LogP) is 2.01. The number of hydrogen-bond acceptors (Lipinski definition) is 4. The molecule has 1 amide bonds. The van der Waals surface area contributed by atoms with Crippen molar-refractivity contribution in [2.45, 2.75) is 32.5 Å². The van der Waals surface area contributed by atoms with E-state index in [0.717, 1.165) is 24.2 Å². The molecule has 1 unspecified atom stereocenters. The van der Waals surface area contributed by atoms with E-state index in [9.17, 15) is 4.79 Å². The van der Waals surface area contributed by atoms with Gasteiger partial charge in [-0.05, 0) is 30.5 Å². The third kappa shape index (κ3) is 3.66. The summed E-state index contributed by atoms with van der Waals surface area (Å²) in [5.74, 6) is -0.338. The van der Waals surface area contributed by atoms with Crippen molar-refractivity contribution in [2.24, 2.45) is 5.73 Å². The number of aromatic nitrogens is 3. The Morgan fingerprint density at radius 1 is 1.46 bits per heavy atom. The van der Waals surface area contributed by atoms with Crippen LogP contribution >= 0.6 is 11.6 Å². The van der Waals surface area contributed by atoms with E-state index in [4.69, 9.17) is 17.3 Å². The lowest BCUT2D eigenvalue weighted by molar-refractivity contribution is -0.124. The Hall–Kier alpha value is -2.18. The number of nitrogens with zero attached hydrogens (tertiary/aromatic N) is 4. The van der Waals surface area contributed by atoms with Crippen molar-refractivity contribution >= 4 is 17.5 Å². The summed E-state index contributed by atoms with van der Waals surface area (Å²) in [6, 6.07) is 7.53. The second kappa shape index (κ2) is 7.15. The summed E-state index contributed by atoms with van der Waals surface area (Å²) in [7, 11) is 0. The molecule has 0 saturated heterocycles. The Morgan fingerprint density at radius 2 is 2.25 bits per heavy atom. The minimum absolute atomic E-state index is 0.338. The number of carbonyl (C=O) groups is 1. The molecule has 126 valence electrons. The van der Waals surface area contributed by atoms with Gasteiger partial charge in [0.05, 0.1) is 18.4 Å². The number of allylic oxidation sites excluding steroid dienone is 2. The molecule has 0 saturated carbocycles. The minimum atomic E-state index is -0.426. The van der Waals surface area contributed by atoms with E-state index in [1.807, 2.05) is 37.4 Å². The van der Waals surface area contributed by atoms with Gasteiger partial charge in [0.2, 0.25) is 5.91 Å². The summed E-state index contributed by atoms with van der Waals surface area (Å²) in [4.78, 5) is 14.1. The number of benzene rings is 1. The Bertz CT molecular complexity index is 766. The first-order valence-corrected chi connectivity index (χ1v) is 8.25. The second-order valence-electron chi connectivity index (χ2n) is 5.95. The first-order chi connectivity index (χ1) is 11.5.